The first kappa shape index (κ1) is 22.6. The van der Waals surface area contributed by atoms with Crippen molar-refractivity contribution in [2.24, 2.45) is 0 Å². The zero-order chi connectivity index (χ0) is 22.6. The van der Waals surface area contributed by atoms with Crippen molar-refractivity contribution in [3.8, 4) is 11.1 Å². The van der Waals surface area contributed by atoms with E-state index >= 15 is 0 Å². The van der Waals surface area contributed by atoms with Gasteiger partial charge in [-0.25, -0.2) is 4.79 Å². The zero-order valence-corrected chi connectivity index (χ0v) is 18.9. The number of halogens is 1. The molecule has 0 saturated heterocycles. The van der Waals surface area contributed by atoms with E-state index in [0.29, 0.717) is 10.7 Å². The molecule has 160 valence electrons. The summed E-state index contributed by atoms with van der Waals surface area (Å²) in [6.45, 7) is 6.71. The average Bonchev–Trinajstić information content (AvgIpc) is 2.77. The first-order valence-electron chi connectivity index (χ1n) is 10.0. The van der Waals surface area contributed by atoms with Gasteiger partial charge in [0.1, 0.15) is 0 Å². The van der Waals surface area contributed by atoms with E-state index in [-0.39, 0.29) is 12.0 Å². The second-order valence-electron chi connectivity index (χ2n) is 8.38. The molecule has 0 aromatic heterocycles. The number of rotatable bonds is 4. The van der Waals surface area contributed by atoms with Gasteiger partial charge >= 0.3 is 11.9 Å². The quantitative estimate of drug-likeness (QED) is 0.372. The lowest BCUT2D eigenvalue weighted by atomic mass is 9.87. The third kappa shape index (κ3) is 5.53. The van der Waals surface area contributed by atoms with Gasteiger partial charge in [-0.3, -0.25) is 9.69 Å². The molecule has 0 bridgehead atoms. The number of esters is 1. The maximum Gasteiger partial charge on any atom is 0.397 e. The van der Waals surface area contributed by atoms with Crippen LogP contribution in [0.15, 0.2) is 72.8 Å². The monoisotopic (exact) mass is 435 g/mol. The van der Waals surface area contributed by atoms with Crippen LogP contribution < -0.4 is 4.90 Å². The fourth-order valence-corrected chi connectivity index (χ4v) is 3.37. The van der Waals surface area contributed by atoms with Crippen LogP contribution in [-0.2, 0) is 26.3 Å². The Hall–Kier alpha value is -3.11. The molecular weight excluding hydrogens is 410 g/mol. The highest BCUT2D eigenvalue weighted by atomic mass is 35.5. The van der Waals surface area contributed by atoms with Crippen molar-refractivity contribution >= 4 is 29.2 Å². The van der Waals surface area contributed by atoms with Crippen molar-refractivity contribution in [1.82, 2.24) is 0 Å². The van der Waals surface area contributed by atoms with E-state index in [4.69, 9.17) is 11.6 Å². The topological polar surface area (TPSA) is 46.6 Å². The summed E-state index contributed by atoms with van der Waals surface area (Å²) >= 11 is 5.97. The molecule has 0 spiro atoms. The van der Waals surface area contributed by atoms with Crippen molar-refractivity contribution in [2.75, 3.05) is 12.0 Å². The van der Waals surface area contributed by atoms with Crippen LogP contribution in [0.4, 0.5) is 5.69 Å². The Kier molecular flexibility index (Phi) is 6.81. The summed E-state index contributed by atoms with van der Waals surface area (Å²) in [5, 5.41) is 0.674. The van der Waals surface area contributed by atoms with Crippen LogP contribution in [-0.4, -0.2) is 19.0 Å². The van der Waals surface area contributed by atoms with Crippen molar-refractivity contribution in [3.63, 3.8) is 0 Å². The predicted molar refractivity (Wildman–Crippen MR) is 125 cm³/mol. The number of methoxy groups -OCH3 is 1. The summed E-state index contributed by atoms with van der Waals surface area (Å²) in [7, 11) is 1.21. The molecule has 0 saturated carbocycles. The molecule has 3 rings (SSSR count). The summed E-state index contributed by atoms with van der Waals surface area (Å²) in [6.07, 6.45) is 0. The maximum atomic E-state index is 12.7. The second-order valence-corrected chi connectivity index (χ2v) is 8.82. The normalized spacial score (nSPS) is 11.1. The summed E-state index contributed by atoms with van der Waals surface area (Å²) in [5.41, 5.74) is 4.78. The fourth-order valence-electron chi connectivity index (χ4n) is 3.25. The molecule has 0 aliphatic heterocycles. The Balaban J connectivity index is 1.89. The first-order chi connectivity index (χ1) is 14.7. The lowest BCUT2D eigenvalue weighted by molar-refractivity contribution is -0.151. The number of nitrogens with zero attached hydrogens (tertiary/aromatic N) is 1. The molecule has 3 aromatic carbocycles. The van der Waals surface area contributed by atoms with Gasteiger partial charge in [0, 0.05) is 10.7 Å². The largest absolute Gasteiger partial charge is 0.462 e. The highest BCUT2D eigenvalue weighted by Gasteiger charge is 2.24. The van der Waals surface area contributed by atoms with Crippen molar-refractivity contribution < 1.29 is 14.3 Å². The van der Waals surface area contributed by atoms with Gasteiger partial charge in [0.15, 0.2) is 0 Å². The van der Waals surface area contributed by atoms with Crippen molar-refractivity contribution in [1.29, 1.82) is 0 Å². The molecule has 0 unspecified atom stereocenters. The first-order valence-corrected chi connectivity index (χ1v) is 10.4. The number of ether oxygens (including phenoxy) is 1. The Bertz CT molecular complexity index is 1050. The van der Waals surface area contributed by atoms with Gasteiger partial charge in [-0.2, -0.15) is 0 Å². The van der Waals surface area contributed by atoms with Gasteiger partial charge in [-0.15, -0.1) is 0 Å². The van der Waals surface area contributed by atoms with E-state index < -0.39 is 11.9 Å². The molecule has 0 radical (unpaired) electrons. The van der Waals surface area contributed by atoms with Gasteiger partial charge in [-0.05, 0) is 51.9 Å². The summed E-state index contributed by atoms with van der Waals surface area (Å²) in [6, 6.07) is 23.1. The highest BCUT2D eigenvalue weighted by Crippen LogP contribution is 2.27. The van der Waals surface area contributed by atoms with Gasteiger partial charge < -0.3 is 4.74 Å². The molecule has 0 aliphatic rings. The van der Waals surface area contributed by atoms with Crippen LogP contribution in [0.5, 0.6) is 0 Å². The van der Waals surface area contributed by atoms with Gasteiger partial charge in [0.05, 0.1) is 13.7 Å². The second kappa shape index (κ2) is 9.36. The van der Waals surface area contributed by atoms with Crippen LogP contribution in [0.3, 0.4) is 0 Å². The molecule has 0 aliphatic carbocycles. The van der Waals surface area contributed by atoms with E-state index in [1.165, 1.54) is 17.6 Å². The van der Waals surface area contributed by atoms with E-state index in [2.05, 4.69) is 37.6 Å². The number of hydrogen-bond donors (Lipinski definition) is 0. The summed E-state index contributed by atoms with van der Waals surface area (Å²) in [5.74, 6) is -1.60. The van der Waals surface area contributed by atoms with Crippen LogP contribution in [0.25, 0.3) is 11.1 Å². The lowest BCUT2D eigenvalue weighted by Gasteiger charge is -2.23. The zero-order valence-electron chi connectivity index (χ0n) is 18.2. The summed E-state index contributed by atoms with van der Waals surface area (Å²) < 4.78 is 4.68. The Morgan fingerprint density at radius 1 is 0.839 bits per heavy atom. The van der Waals surface area contributed by atoms with Gasteiger partial charge in [0.2, 0.25) is 0 Å². The SMILES string of the molecule is COC(=O)C(=O)N(Cc1ccc(C(C)(C)C)cc1)c1ccc(-c2ccc(Cl)cc2)cc1. The van der Waals surface area contributed by atoms with Crippen LogP contribution in [0, 0.1) is 0 Å². The van der Waals surface area contributed by atoms with Crippen LogP contribution in [0.2, 0.25) is 5.02 Å². The Morgan fingerprint density at radius 2 is 1.35 bits per heavy atom. The molecule has 3 aromatic rings. The van der Waals surface area contributed by atoms with Crippen LogP contribution >= 0.6 is 11.6 Å². The van der Waals surface area contributed by atoms with E-state index in [0.717, 1.165) is 16.7 Å². The van der Waals surface area contributed by atoms with Gasteiger partial charge in [0.25, 0.3) is 0 Å². The third-order valence-corrected chi connectivity index (χ3v) is 5.37. The maximum absolute atomic E-state index is 12.7. The van der Waals surface area contributed by atoms with Crippen LogP contribution in [0.1, 0.15) is 31.9 Å². The standard InChI is InChI=1S/C26H26ClNO3/c1-26(2,3)21-11-5-18(6-12-21)17-28(24(29)25(30)31-4)23-15-9-20(10-16-23)19-7-13-22(27)14-8-19/h5-16H,17H2,1-4H3. The Labute approximate surface area is 188 Å². The number of benzene rings is 3. The van der Waals surface area contributed by atoms with E-state index in [1.807, 2.05) is 60.7 Å². The molecule has 0 atom stereocenters. The highest BCUT2D eigenvalue weighted by molar-refractivity contribution is 6.38. The number of amides is 1. The molecular formula is C26H26ClNO3. The number of hydrogen-bond acceptors (Lipinski definition) is 3. The molecule has 1 amide bonds. The smallest absolute Gasteiger partial charge is 0.397 e. The molecule has 0 fully saturated rings. The molecule has 5 heteroatoms. The Morgan fingerprint density at radius 3 is 1.84 bits per heavy atom. The average molecular weight is 436 g/mol. The van der Waals surface area contributed by atoms with E-state index in [1.54, 1.807) is 0 Å². The van der Waals surface area contributed by atoms with E-state index in [9.17, 15) is 9.59 Å². The third-order valence-electron chi connectivity index (χ3n) is 5.12. The minimum atomic E-state index is -0.895. The fraction of sp³-hybridized carbons (Fsp3) is 0.231. The number of anilines is 1. The van der Waals surface area contributed by atoms with Crippen molar-refractivity contribution in [3.05, 3.63) is 88.9 Å². The van der Waals surface area contributed by atoms with Gasteiger partial charge in [-0.1, -0.05) is 80.9 Å². The minimum Gasteiger partial charge on any atom is -0.462 e. The molecule has 0 heterocycles. The lowest BCUT2D eigenvalue weighted by Crippen LogP contribution is -2.36. The summed E-state index contributed by atoms with van der Waals surface area (Å²) in [4.78, 5) is 26.2. The molecule has 31 heavy (non-hydrogen) atoms. The van der Waals surface area contributed by atoms with Crippen molar-refractivity contribution in [2.45, 2.75) is 32.7 Å². The predicted octanol–water partition coefficient (Wildman–Crippen LogP) is 6.01. The minimum absolute atomic E-state index is 0.0392. The number of carbonyl (C=O) groups excluding carboxylic acids is 2. The molecule has 0 N–H and O–H groups in total. The number of carbonyl (C=O) groups is 2. The molecule has 4 nitrogen and oxygen atoms in total.